The number of benzene rings is 3. The first-order chi connectivity index (χ1) is 8.72. The van der Waals surface area contributed by atoms with Crippen LogP contribution in [0.3, 0.4) is 0 Å². The van der Waals surface area contributed by atoms with Gasteiger partial charge in [-0.25, -0.2) is 0 Å². The smallest absolute Gasteiger partial charge is 0.0423 e. The molecule has 3 aromatic carbocycles. The molecule has 0 unspecified atom stereocenters. The molecule has 0 heterocycles. The van der Waals surface area contributed by atoms with Crippen molar-refractivity contribution in [3.05, 3.63) is 70.2 Å². The van der Waals surface area contributed by atoms with Crippen LogP contribution in [-0.4, -0.2) is 0 Å². The molecular weight excluding hydrogens is 308 g/mol. The fraction of sp³-hybridized carbons (Fsp3) is 0. The third-order valence-corrected chi connectivity index (χ3v) is 3.62. The zero-order valence-electron chi connectivity index (χ0n) is 9.53. The molecule has 0 aliphatic rings. The molecule has 0 bridgehead atoms. The monoisotopic (exact) mass is 316 g/mol. The summed E-state index contributed by atoms with van der Waals surface area (Å²) < 4.78 is 0.998. The Bertz CT molecular complexity index is 699. The van der Waals surface area contributed by atoms with E-state index in [9.17, 15) is 0 Å². The van der Waals surface area contributed by atoms with Crippen LogP contribution >= 0.6 is 27.5 Å². The molecule has 18 heavy (non-hydrogen) atoms. The molecule has 0 amide bonds. The van der Waals surface area contributed by atoms with E-state index in [0.717, 1.165) is 15.1 Å². The van der Waals surface area contributed by atoms with Gasteiger partial charge in [-0.1, -0.05) is 63.9 Å². The molecule has 0 saturated heterocycles. The Balaban J connectivity index is 2.19. The molecule has 0 spiro atoms. The van der Waals surface area contributed by atoms with Gasteiger partial charge in [-0.15, -0.1) is 0 Å². The summed E-state index contributed by atoms with van der Waals surface area (Å²) in [7, 11) is 0. The lowest BCUT2D eigenvalue weighted by Gasteiger charge is -2.05. The van der Waals surface area contributed by atoms with Crippen LogP contribution in [0.15, 0.2) is 65.1 Å². The Hall–Kier alpha value is -1.31. The molecule has 88 valence electrons. The van der Waals surface area contributed by atoms with Gasteiger partial charge in [0.1, 0.15) is 0 Å². The Kier molecular flexibility index (Phi) is 3.11. The molecule has 0 nitrogen and oxygen atoms in total. The summed E-state index contributed by atoms with van der Waals surface area (Å²) in [6.07, 6.45) is 0. The van der Waals surface area contributed by atoms with E-state index in [1.807, 2.05) is 12.1 Å². The SMILES string of the molecule is Clc1cc(Br)cc(-c2ccc3ccccc3c2)c1. The van der Waals surface area contributed by atoms with Gasteiger partial charge in [-0.2, -0.15) is 0 Å². The first kappa shape index (κ1) is 11.8. The number of fused-ring (bicyclic) bond motifs is 1. The molecule has 0 saturated carbocycles. The Morgan fingerprint density at radius 2 is 1.50 bits per heavy atom. The minimum Gasteiger partial charge on any atom is -0.0843 e. The Labute approximate surface area is 119 Å². The van der Waals surface area contributed by atoms with Gasteiger partial charge in [0.15, 0.2) is 0 Å². The highest BCUT2D eigenvalue weighted by atomic mass is 79.9. The lowest BCUT2D eigenvalue weighted by molar-refractivity contribution is 1.61. The number of hydrogen-bond donors (Lipinski definition) is 0. The molecular formula is C16H10BrCl. The fourth-order valence-electron chi connectivity index (χ4n) is 2.09. The molecule has 3 aromatic rings. The van der Waals surface area contributed by atoms with Crippen LogP contribution in [-0.2, 0) is 0 Å². The lowest BCUT2D eigenvalue weighted by Crippen LogP contribution is -1.80. The van der Waals surface area contributed by atoms with Gasteiger partial charge in [0.25, 0.3) is 0 Å². The summed E-state index contributed by atoms with van der Waals surface area (Å²) in [5, 5.41) is 3.24. The number of hydrogen-bond acceptors (Lipinski definition) is 0. The second-order valence-electron chi connectivity index (χ2n) is 4.22. The predicted octanol–water partition coefficient (Wildman–Crippen LogP) is 5.92. The maximum atomic E-state index is 6.09. The summed E-state index contributed by atoms with van der Waals surface area (Å²) in [6.45, 7) is 0. The molecule has 0 N–H and O–H groups in total. The summed E-state index contributed by atoms with van der Waals surface area (Å²) in [6, 6.07) is 20.8. The molecule has 3 rings (SSSR count). The van der Waals surface area contributed by atoms with Crippen LogP contribution in [0.1, 0.15) is 0 Å². The molecule has 0 atom stereocenters. The van der Waals surface area contributed by atoms with E-state index in [2.05, 4.69) is 64.5 Å². The van der Waals surface area contributed by atoms with Crippen LogP contribution in [0, 0.1) is 0 Å². The minimum absolute atomic E-state index is 0.743. The van der Waals surface area contributed by atoms with Crippen molar-refractivity contribution >= 4 is 38.3 Å². The van der Waals surface area contributed by atoms with E-state index in [0.29, 0.717) is 0 Å². The van der Waals surface area contributed by atoms with Crippen LogP contribution < -0.4 is 0 Å². The highest BCUT2D eigenvalue weighted by molar-refractivity contribution is 9.10. The molecule has 0 aromatic heterocycles. The van der Waals surface area contributed by atoms with Gasteiger partial charge in [-0.05, 0) is 46.2 Å². The minimum atomic E-state index is 0.743. The number of halogens is 2. The Morgan fingerprint density at radius 3 is 2.28 bits per heavy atom. The molecule has 0 fully saturated rings. The van der Waals surface area contributed by atoms with Crippen molar-refractivity contribution in [3.63, 3.8) is 0 Å². The van der Waals surface area contributed by atoms with Crippen molar-refractivity contribution in [1.82, 2.24) is 0 Å². The van der Waals surface area contributed by atoms with E-state index in [-0.39, 0.29) is 0 Å². The fourth-order valence-corrected chi connectivity index (χ4v) is 2.95. The molecule has 2 heteroatoms. The Morgan fingerprint density at radius 1 is 0.722 bits per heavy atom. The summed E-state index contributed by atoms with van der Waals surface area (Å²) in [5.41, 5.74) is 2.30. The van der Waals surface area contributed by atoms with Crippen molar-refractivity contribution in [1.29, 1.82) is 0 Å². The molecule has 0 radical (unpaired) electrons. The van der Waals surface area contributed by atoms with Crippen LogP contribution in [0.4, 0.5) is 0 Å². The third kappa shape index (κ3) is 2.29. The topological polar surface area (TPSA) is 0 Å². The maximum absolute atomic E-state index is 6.09. The van der Waals surface area contributed by atoms with Gasteiger partial charge >= 0.3 is 0 Å². The first-order valence-corrected chi connectivity index (χ1v) is 6.85. The van der Waals surface area contributed by atoms with Crippen molar-refractivity contribution in [2.24, 2.45) is 0 Å². The summed E-state index contributed by atoms with van der Waals surface area (Å²) in [5.74, 6) is 0. The van der Waals surface area contributed by atoms with Gasteiger partial charge in [0.2, 0.25) is 0 Å². The second-order valence-corrected chi connectivity index (χ2v) is 5.57. The lowest BCUT2D eigenvalue weighted by atomic mass is 10.0. The van der Waals surface area contributed by atoms with Crippen molar-refractivity contribution < 1.29 is 0 Å². The van der Waals surface area contributed by atoms with Gasteiger partial charge in [-0.3, -0.25) is 0 Å². The van der Waals surface area contributed by atoms with Gasteiger partial charge in [0, 0.05) is 9.50 Å². The van der Waals surface area contributed by atoms with Crippen LogP contribution in [0.2, 0.25) is 5.02 Å². The second kappa shape index (κ2) is 4.75. The van der Waals surface area contributed by atoms with E-state index < -0.39 is 0 Å². The van der Waals surface area contributed by atoms with E-state index >= 15 is 0 Å². The summed E-state index contributed by atoms with van der Waals surface area (Å²) >= 11 is 9.56. The average Bonchev–Trinajstić information content (AvgIpc) is 2.37. The van der Waals surface area contributed by atoms with E-state index in [1.165, 1.54) is 16.3 Å². The largest absolute Gasteiger partial charge is 0.0843 e. The number of rotatable bonds is 1. The normalized spacial score (nSPS) is 10.8. The molecule has 0 aliphatic carbocycles. The van der Waals surface area contributed by atoms with E-state index in [4.69, 9.17) is 11.6 Å². The van der Waals surface area contributed by atoms with Crippen molar-refractivity contribution in [2.45, 2.75) is 0 Å². The van der Waals surface area contributed by atoms with Crippen LogP contribution in [0.25, 0.3) is 21.9 Å². The zero-order chi connectivity index (χ0) is 12.5. The quantitative estimate of drug-likeness (QED) is 0.522. The molecule has 0 aliphatic heterocycles. The van der Waals surface area contributed by atoms with Crippen molar-refractivity contribution in [2.75, 3.05) is 0 Å². The maximum Gasteiger partial charge on any atom is 0.0423 e. The first-order valence-electron chi connectivity index (χ1n) is 5.68. The highest BCUT2D eigenvalue weighted by Gasteiger charge is 2.02. The van der Waals surface area contributed by atoms with Gasteiger partial charge in [0.05, 0.1) is 0 Å². The van der Waals surface area contributed by atoms with E-state index in [1.54, 1.807) is 0 Å². The zero-order valence-corrected chi connectivity index (χ0v) is 11.9. The van der Waals surface area contributed by atoms with Gasteiger partial charge < -0.3 is 0 Å². The average molecular weight is 318 g/mol. The predicted molar refractivity (Wildman–Crippen MR) is 82.1 cm³/mol. The highest BCUT2D eigenvalue weighted by Crippen LogP contribution is 2.29. The van der Waals surface area contributed by atoms with Crippen molar-refractivity contribution in [3.8, 4) is 11.1 Å². The van der Waals surface area contributed by atoms with Crippen LogP contribution in [0.5, 0.6) is 0 Å². The summed E-state index contributed by atoms with van der Waals surface area (Å²) in [4.78, 5) is 0. The third-order valence-electron chi connectivity index (χ3n) is 2.95. The standard InChI is InChI=1S/C16H10BrCl/c17-15-8-14(9-16(18)10-15)13-6-5-11-3-1-2-4-12(11)7-13/h1-10H.